The lowest BCUT2D eigenvalue weighted by atomic mass is 10.0. The van der Waals surface area contributed by atoms with Gasteiger partial charge >= 0.3 is 12.1 Å². The van der Waals surface area contributed by atoms with E-state index in [1.807, 2.05) is 6.07 Å². The van der Waals surface area contributed by atoms with E-state index in [1.165, 1.54) is 12.6 Å². The lowest BCUT2D eigenvalue weighted by Gasteiger charge is -2.24. The third-order valence-corrected chi connectivity index (χ3v) is 5.33. The summed E-state index contributed by atoms with van der Waals surface area (Å²) in [5.74, 6) is -1.80. The second-order valence-electron chi connectivity index (χ2n) is 7.69. The highest BCUT2D eigenvalue weighted by atomic mass is 19.4. The molecule has 1 amide bonds. The molecule has 2 fully saturated rings. The minimum absolute atomic E-state index is 0.0424. The first kappa shape index (κ1) is 24.0. The molecule has 1 aromatic heterocycles. The molecule has 1 saturated carbocycles. The fourth-order valence-electron chi connectivity index (χ4n) is 3.45. The number of aromatic nitrogens is 1. The van der Waals surface area contributed by atoms with Gasteiger partial charge in [-0.15, -0.1) is 0 Å². The highest BCUT2D eigenvalue weighted by molar-refractivity contribution is 5.95. The van der Waals surface area contributed by atoms with Crippen molar-refractivity contribution >= 4 is 11.9 Å². The summed E-state index contributed by atoms with van der Waals surface area (Å²) < 4.78 is 37.4. The Morgan fingerprint density at radius 2 is 1.88 bits per heavy atom. The number of carbonyl (C=O) groups is 2. The van der Waals surface area contributed by atoms with E-state index >= 15 is 0 Å². The molecule has 1 aliphatic heterocycles. The summed E-state index contributed by atoms with van der Waals surface area (Å²) in [5, 5.41) is 22.6. The molecule has 0 bridgehead atoms. The van der Waals surface area contributed by atoms with Gasteiger partial charge in [-0.2, -0.15) is 18.4 Å². The van der Waals surface area contributed by atoms with Gasteiger partial charge < -0.3 is 20.5 Å². The summed E-state index contributed by atoms with van der Waals surface area (Å²) in [4.78, 5) is 25.5. The smallest absolute Gasteiger partial charge is 0.475 e. The number of ether oxygens (including phenoxy) is 1. The van der Waals surface area contributed by atoms with Crippen LogP contribution in [0.5, 0.6) is 11.6 Å². The van der Waals surface area contributed by atoms with Gasteiger partial charge in [0.2, 0.25) is 5.88 Å². The van der Waals surface area contributed by atoms with Gasteiger partial charge in [-0.25, -0.2) is 9.78 Å². The quantitative estimate of drug-likeness (QED) is 0.622. The maximum absolute atomic E-state index is 12.6. The number of hydrogen-bond acceptors (Lipinski definition) is 6. The zero-order valence-corrected chi connectivity index (χ0v) is 17.4. The van der Waals surface area contributed by atoms with Crippen LogP contribution in [0.25, 0.3) is 0 Å². The van der Waals surface area contributed by atoms with Crippen LogP contribution in [0.4, 0.5) is 13.2 Å². The normalized spacial score (nSPS) is 18.3. The Bertz CT molecular complexity index is 1020. The molecular formula is C22H21F3N4O4. The minimum Gasteiger partial charge on any atom is -0.475 e. The van der Waals surface area contributed by atoms with Crippen molar-refractivity contribution in [2.45, 2.75) is 43.4 Å². The van der Waals surface area contributed by atoms with Crippen LogP contribution in [0.3, 0.4) is 0 Å². The SMILES string of the molecule is N#Cc1ccc(Oc2ccc(C(=O)NC3(C4CCCN4)CC3)cc2)nc1.O=C(O)C(F)(F)F. The van der Waals surface area contributed by atoms with E-state index in [9.17, 15) is 18.0 Å². The maximum Gasteiger partial charge on any atom is 0.490 e. The number of halogens is 3. The number of aliphatic carboxylic acids is 1. The van der Waals surface area contributed by atoms with Gasteiger partial charge in [0, 0.05) is 23.9 Å². The predicted octanol–water partition coefficient (Wildman–Crippen LogP) is 3.39. The molecule has 2 aliphatic rings. The molecule has 33 heavy (non-hydrogen) atoms. The Balaban J connectivity index is 0.000000383. The molecule has 2 aromatic rings. The maximum atomic E-state index is 12.6. The Labute approximate surface area is 187 Å². The van der Waals surface area contributed by atoms with Crippen molar-refractivity contribution in [3.8, 4) is 17.7 Å². The van der Waals surface area contributed by atoms with E-state index in [0.29, 0.717) is 28.8 Å². The molecule has 0 spiro atoms. The fraction of sp³-hybridized carbons (Fsp3) is 0.364. The number of carboxylic acids is 1. The molecule has 8 nitrogen and oxygen atoms in total. The van der Waals surface area contributed by atoms with Crippen molar-refractivity contribution in [3.05, 3.63) is 53.7 Å². The number of hydrogen-bond donors (Lipinski definition) is 3. The number of nitrogens with zero attached hydrogens (tertiary/aromatic N) is 2. The third-order valence-electron chi connectivity index (χ3n) is 5.33. The van der Waals surface area contributed by atoms with E-state index in [0.717, 1.165) is 25.8 Å². The highest BCUT2D eigenvalue weighted by Gasteiger charge is 2.51. The van der Waals surface area contributed by atoms with Crippen molar-refractivity contribution in [2.75, 3.05) is 6.54 Å². The first-order valence-electron chi connectivity index (χ1n) is 10.1. The number of pyridine rings is 1. The van der Waals surface area contributed by atoms with Gasteiger partial charge in [0.1, 0.15) is 11.8 Å². The van der Waals surface area contributed by atoms with E-state index < -0.39 is 12.1 Å². The summed E-state index contributed by atoms with van der Waals surface area (Å²) >= 11 is 0. The summed E-state index contributed by atoms with van der Waals surface area (Å²) in [6, 6.07) is 12.7. The van der Waals surface area contributed by atoms with Crippen LogP contribution in [-0.2, 0) is 4.79 Å². The molecule has 1 saturated heterocycles. The number of carboxylic acid groups (broad SMARTS) is 1. The Morgan fingerprint density at radius 3 is 2.33 bits per heavy atom. The first-order valence-corrected chi connectivity index (χ1v) is 10.1. The van der Waals surface area contributed by atoms with Crippen LogP contribution in [0, 0.1) is 11.3 Å². The van der Waals surface area contributed by atoms with Crippen LogP contribution in [0.15, 0.2) is 42.6 Å². The number of rotatable bonds is 5. The molecule has 0 radical (unpaired) electrons. The molecule has 1 aromatic carbocycles. The average molecular weight is 462 g/mol. The number of amides is 1. The summed E-state index contributed by atoms with van der Waals surface area (Å²) in [5.41, 5.74) is 1.04. The molecular weight excluding hydrogens is 441 g/mol. The van der Waals surface area contributed by atoms with Crippen LogP contribution in [0.1, 0.15) is 41.6 Å². The van der Waals surface area contributed by atoms with Crippen LogP contribution in [0.2, 0.25) is 0 Å². The first-order chi connectivity index (χ1) is 15.6. The third kappa shape index (κ3) is 6.43. The molecule has 1 unspecified atom stereocenters. The second-order valence-corrected chi connectivity index (χ2v) is 7.69. The standard InChI is InChI=1S/C20H20N4O2.C2HF3O2/c21-12-14-3-8-18(23-13-14)26-16-6-4-15(5-7-16)19(25)24-20(9-10-20)17-2-1-11-22-17;3-2(4,5)1(6)7/h3-8,13,17,22H,1-2,9-11H2,(H,24,25);(H,6,7). The molecule has 1 aliphatic carbocycles. The second kappa shape index (κ2) is 9.87. The van der Waals surface area contributed by atoms with Crippen LogP contribution in [-0.4, -0.2) is 46.3 Å². The van der Waals surface area contributed by atoms with Gasteiger partial charge in [0.15, 0.2) is 0 Å². The number of alkyl halides is 3. The van der Waals surface area contributed by atoms with Crippen molar-refractivity contribution in [2.24, 2.45) is 0 Å². The molecule has 4 rings (SSSR count). The number of nitrogens with one attached hydrogen (secondary N) is 2. The van der Waals surface area contributed by atoms with Crippen molar-refractivity contribution < 1.29 is 32.6 Å². The molecule has 1 atom stereocenters. The lowest BCUT2D eigenvalue weighted by Crippen LogP contribution is -2.49. The Hall–Kier alpha value is -3.65. The zero-order valence-electron chi connectivity index (χ0n) is 17.4. The summed E-state index contributed by atoms with van der Waals surface area (Å²) in [6.07, 6.45) is 0.773. The highest BCUT2D eigenvalue weighted by Crippen LogP contribution is 2.41. The lowest BCUT2D eigenvalue weighted by molar-refractivity contribution is -0.192. The van der Waals surface area contributed by atoms with Gasteiger partial charge in [-0.3, -0.25) is 4.79 Å². The van der Waals surface area contributed by atoms with Gasteiger partial charge in [0.25, 0.3) is 5.91 Å². The average Bonchev–Trinajstić information content (AvgIpc) is 3.34. The van der Waals surface area contributed by atoms with Gasteiger partial charge in [0.05, 0.1) is 11.1 Å². The van der Waals surface area contributed by atoms with Crippen LogP contribution >= 0.6 is 0 Å². The molecule has 174 valence electrons. The van der Waals surface area contributed by atoms with Crippen molar-refractivity contribution in [1.29, 1.82) is 5.26 Å². The Kier molecular flexibility index (Phi) is 7.18. The van der Waals surface area contributed by atoms with Crippen molar-refractivity contribution in [3.63, 3.8) is 0 Å². The fourth-order valence-corrected chi connectivity index (χ4v) is 3.45. The molecule has 3 N–H and O–H groups in total. The van der Waals surface area contributed by atoms with E-state index in [2.05, 4.69) is 15.6 Å². The monoisotopic (exact) mass is 462 g/mol. The van der Waals surface area contributed by atoms with Gasteiger partial charge in [-0.1, -0.05) is 0 Å². The van der Waals surface area contributed by atoms with Crippen LogP contribution < -0.4 is 15.4 Å². The number of carbonyl (C=O) groups excluding carboxylic acids is 1. The van der Waals surface area contributed by atoms with E-state index in [1.54, 1.807) is 36.4 Å². The predicted molar refractivity (Wildman–Crippen MR) is 110 cm³/mol. The largest absolute Gasteiger partial charge is 0.490 e. The topological polar surface area (TPSA) is 124 Å². The van der Waals surface area contributed by atoms with Gasteiger partial charge in [-0.05, 0) is 62.6 Å². The summed E-state index contributed by atoms with van der Waals surface area (Å²) in [7, 11) is 0. The molecule has 11 heteroatoms. The van der Waals surface area contributed by atoms with E-state index in [4.69, 9.17) is 19.9 Å². The number of benzene rings is 1. The Morgan fingerprint density at radius 1 is 1.21 bits per heavy atom. The minimum atomic E-state index is -5.08. The summed E-state index contributed by atoms with van der Waals surface area (Å²) in [6.45, 7) is 1.04. The van der Waals surface area contributed by atoms with E-state index in [-0.39, 0.29) is 11.4 Å². The zero-order chi connectivity index (χ0) is 24.1. The molecule has 2 heterocycles. The van der Waals surface area contributed by atoms with Crippen molar-refractivity contribution in [1.82, 2.24) is 15.6 Å². The number of nitriles is 1.